The van der Waals surface area contributed by atoms with E-state index in [0.717, 1.165) is 10.6 Å². The van der Waals surface area contributed by atoms with Crippen molar-refractivity contribution in [1.29, 1.82) is 0 Å². The Bertz CT molecular complexity index is 622. The first-order valence-corrected chi connectivity index (χ1v) is 6.68. The summed E-state index contributed by atoms with van der Waals surface area (Å²) in [5.41, 5.74) is 2.06. The number of methoxy groups -OCH3 is 1. The van der Waals surface area contributed by atoms with Crippen molar-refractivity contribution >= 4 is 29.1 Å². The number of carbonyl (C=O) groups is 3. The van der Waals surface area contributed by atoms with E-state index in [0.29, 0.717) is 11.4 Å². The maximum atomic E-state index is 11.6. The van der Waals surface area contributed by atoms with Crippen molar-refractivity contribution in [1.82, 2.24) is 4.90 Å². The average molecular weight is 303 g/mol. The topological polar surface area (TPSA) is 87.7 Å². The Hall–Kier alpha value is -2.67. The van der Waals surface area contributed by atoms with Gasteiger partial charge in [0.05, 0.1) is 6.54 Å². The van der Waals surface area contributed by atoms with E-state index in [2.05, 4.69) is 10.6 Å². The molecule has 0 aromatic heterocycles. The quantitative estimate of drug-likeness (QED) is 0.846. The van der Waals surface area contributed by atoms with Crippen LogP contribution in [0, 0.1) is 0 Å². The van der Waals surface area contributed by atoms with Crippen LogP contribution in [0.15, 0.2) is 36.0 Å². The van der Waals surface area contributed by atoms with Crippen molar-refractivity contribution in [3.63, 3.8) is 0 Å². The molecule has 1 heterocycles. The molecule has 3 amide bonds. The number of nitrogens with zero attached hydrogens (tertiary/aromatic N) is 1. The van der Waals surface area contributed by atoms with Crippen LogP contribution >= 0.6 is 0 Å². The largest absolute Gasteiger partial charge is 0.375 e. The highest BCUT2D eigenvalue weighted by Crippen LogP contribution is 2.18. The molecule has 0 saturated carbocycles. The Kier molecular flexibility index (Phi) is 4.90. The number of rotatable bonds is 5. The predicted octanol–water partition coefficient (Wildman–Crippen LogP) is 0.956. The number of benzene rings is 1. The van der Waals surface area contributed by atoms with Gasteiger partial charge >= 0.3 is 0 Å². The summed E-state index contributed by atoms with van der Waals surface area (Å²) in [4.78, 5) is 35.4. The third-order valence-electron chi connectivity index (χ3n) is 3.02. The molecule has 2 N–H and O–H groups in total. The predicted molar refractivity (Wildman–Crippen MR) is 81.0 cm³/mol. The standard InChI is InChI=1S/C15H17N3O4/c1-10(19)18-8-13(7-15(18)21)16-11-3-5-12(6-4-11)17-14(20)9-22-2/h3-7,16H,8-9H2,1-2H3,(H,17,20). The third kappa shape index (κ3) is 3.92. The van der Waals surface area contributed by atoms with Crippen LogP contribution in [0.25, 0.3) is 0 Å². The van der Waals surface area contributed by atoms with E-state index in [-0.39, 0.29) is 30.9 Å². The fourth-order valence-corrected chi connectivity index (χ4v) is 2.01. The average Bonchev–Trinajstić information content (AvgIpc) is 2.82. The lowest BCUT2D eigenvalue weighted by Crippen LogP contribution is -2.31. The highest BCUT2D eigenvalue weighted by molar-refractivity contribution is 6.03. The second-order valence-corrected chi connectivity index (χ2v) is 4.80. The van der Waals surface area contributed by atoms with Gasteiger partial charge in [0.1, 0.15) is 6.61 Å². The van der Waals surface area contributed by atoms with E-state index in [1.165, 1.54) is 20.1 Å². The molecule has 0 saturated heterocycles. The molecule has 7 heteroatoms. The minimum atomic E-state index is -0.321. The Morgan fingerprint density at radius 1 is 1.23 bits per heavy atom. The second-order valence-electron chi connectivity index (χ2n) is 4.80. The number of hydrogen-bond acceptors (Lipinski definition) is 5. The third-order valence-corrected chi connectivity index (χ3v) is 3.02. The van der Waals surface area contributed by atoms with Crippen molar-refractivity contribution in [2.75, 3.05) is 30.9 Å². The van der Waals surface area contributed by atoms with Crippen LogP contribution in [-0.4, -0.2) is 42.9 Å². The molecular weight excluding hydrogens is 286 g/mol. The number of ether oxygens (including phenoxy) is 1. The lowest BCUT2D eigenvalue weighted by Gasteiger charge is -2.13. The molecule has 1 aliphatic rings. The summed E-state index contributed by atoms with van der Waals surface area (Å²) < 4.78 is 4.73. The summed E-state index contributed by atoms with van der Waals surface area (Å²) in [5, 5.41) is 5.75. The summed E-state index contributed by atoms with van der Waals surface area (Å²) in [7, 11) is 1.45. The maximum absolute atomic E-state index is 11.6. The van der Waals surface area contributed by atoms with Crippen molar-refractivity contribution < 1.29 is 19.1 Å². The number of carbonyl (C=O) groups excluding carboxylic acids is 3. The molecule has 0 bridgehead atoms. The lowest BCUT2D eigenvalue weighted by molar-refractivity contribution is -0.138. The van der Waals surface area contributed by atoms with Gasteiger partial charge in [0, 0.05) is 37.2 Å². The SMILES string of the molecule is COCC(=O)Nc1ccc(NC2=CC(=O)N(C(C)=O)C2)cc1. The molecule has 116 valence electrons. The van der Waals surface area contributed by atoms with Gasteiger partial charge in [-0.1, -0.05) is 0 Å². The van der Waals surface area contributed by atoms with Crippen LogP contribution in [0.4, 0.5) is 11.4 Å². The van der Waals surface area contributed by atoms with Gasteiger partial charge in [0.15, 0.2) is 0 Å². The minimum absolute atomic E-state index is 0.00409. The van der Waals surface area contributed by atoms with Crippen molar-refractivity contribution in [3.05, 3.63) is 36.0 Å². The van der Waals surface area contributed by atoms with Crippen LogP contribution in [0.5, 0.6) is 0 Å². The molecule has 1 aliphatic heterocycles. The van der Waals surface area contributed by atoms with Gasteiger partial charge in [-0.2, -0.15) is 0 Å². The Morgan fingerprint density at radius 3 is 2.41 bits per heavy atom. The zero-order chi connectivity index (χ0) is 16.1. The highest BCUT2D eigenvalue weighted by Gasteiger charge is 2.24. The summed E-state index contributed by atoms with van der Waals surface area (Å²) in [6, 6.07) is 7.00. The fraction of sp³-hybridized carbons (Fsp3) is 0.267. The van der Waals surface area contributed by atoms with Crippen LogP contribution in [0.3, 0.4) is 0 Å². The Morgan fingerprint density at radius 2 is 1.86 bits per heavy atom. The van der Waals surface area contributed by atoms with Gasteiger partial charge in [-0.3, -0.25) is 19.3 Å². The number of anilines is 2. The van der Waals surface area contributed by atoms with Crippen LogP contribution in [0.2, 0.25) is 0 Å². The summed E-state index contributed by atoms with van der Waals surface area (Å²) in [5.74, 6) is -0.836. The number of amides is 3. The molecule has 22 heavy (non-hydrogen) atoms. The molecule has 0 radical (unpaired) electrons. The molecule has 1 aromatic carbocycles. The highest BCUT2D eigenvalue weighted by atomic mass is 16.5. The van der Waals surface area contributed by atoms with E-state index in [4.69, 9.17) is 4.74 Å². The van der Waals surface area contributed by atoms with Gasteiger partial charge in [-0.05, 0) is 24.3 Å². The molecule has 0 aliphatic carbocycles. The monoisotopic (exact) mass is 303 g/mol. The summed E-state index contributed by atoms with van der Waals surface area (Å²) in [6.45, 7) is 1.59. The molecule has 0 atom stereocenters. The second kappa shape index (κ2) is 6.86. The van der Waals surface area contributed by atoms with Crippen molar-refractivity contribution in [2.24, 2.45) is 0 Å². The van der Waals surface area contributed by atoms with E-state index < -0.39 is 0 Å². The normalized spacial score (nSPS) is 13.8. The van der Waals surface area contributed by atoms with E-state index in [1.54, 1.807) is 24.3 Å². The number of hydrogen-bond donors (Lipinski definition) is 2. The molecule has 7 nitrogen and oxygen atoms in total. The van der Waals surface area contributed by atoms with Gasteiger partial charge < -0.3 is 15.4 Å². The Balaban J connectivity index is 1.95. The summed E-state index contributed by atoms with van der Waals surface area (Å²) >= 11 is 0. The van der Waals surface area contributed by atoms with E-state index >= 15 is 0 Å². The van der Waals surface area contributed by atoms with Gasteiger partial charge in [0.2, 0.25) is 11.8 Å². The number of nitrogens with one attached hydrogen (secondary N) is 2. The van der Waals surface area contributed by atoms with Crippen molar-refractivity contribution in [3.8, 4) is 0 Å². The van der Waals surface area contributed by atoms with E-state index in [1.807, 2.05) is 0 Å². The maximum Gasteiger partial charge on any atom is 0.255 e. The van der Waals surface area contributed by atoms with Crippen LogP contribution in [0.1, 0.15) is 6.92 Å². The van der Waals surface area contributed by atoms with Gasteiger partial charge in [-0.15, -0.1) is 0 Å². The molecular formula is C15H17N3O4. The first kappa shape index (κ1) is 15.7. The minimum Gasteiger partial charge on any atom is -0.375 e. The first-order valence-electron chi connectivity index (χ1n) is 6.68. The molecule has 2 rings (SSSR count). The molecule has 0 unspecified atom stereocenters. The molecule has 1 aromatic rings. The number of imide groups is 1. The molecule has 0 spiro atoms. The van der Waals surface area contributed by atoms with Crippen LogP contribution < -0.4 is 10.6 Å². The van der Waals surface area contributed by atoms with Gasteiger partial charge in [0.25, 0.3) is 5.91 Å². The zero-order valence-electron chi connectivity index (χ0n) is 12.4. The Labute approximate surface area is 127 Å². The molecule has 0 fully saturated rings. The lowest BCUT2D eigenvalue weighted by atomic mass is 10.2. The zero-order valence-corrected chi connectivity index (χ0v) is 12.4. The van der Waals surface area contributed by atoms with Crippen molar-refractivity contribution in [2.45, 2.75) is 6.92 Å². The van der Waals surface area contributed by atoms with E-state index in [9.17, 15) is 14.4 Å². The fourth-order valence-electron chi connectivity index (χ4n) is 2.01. The van der Waals surface area contributed by atoms with Crippen LogP contribution in [-0.2, 0) is 19.1 Å². The van der Waals surface area contributed by atoms with Gasteiger partial charge in [-0.25, -0.2) is 0 Å². The summed E-state index contributed by atoms with van der Waals surface area (Å²) in [6.07, 6.45) is 1.40. The first-order chi connectivity index (χ1) is 10.5. The smallest absolute Gasteiger partial charge is 0.255 e.